The third-order valence-corrected chi connectivity index (χ3v) is 4.65. The molecule has 1 aliphatic rings. The Hall–Kier alpha value is -1.98. The molecule has 2 heterocycles. The summed E-state index contributed by atoms with van der Waals surface area (Å²) in [6, 6.07) is 9.91. The minimum absolute atomic E-state index is 0.400. The molecule has 0 aliphatic carbocycles. The van der Waals surface area contributed by atoms with Crippen molar-refractivity contribution in [3.8, 4) is 0 Å². The van der Waals surface area contributed by atoms with Crippen LogP contribution in [0.4, 0.5) is 5.82 Å². The van der Waals surface area contributed by atoms with Gasteiger partial charge in [-0.3, -0.25) is 4.98 Å². The van der Waals surface area contributed by atoms with E-state index in [1.807, 2.05) is 37.3 Å². The number of aliphatic hydroxyl groups is 1. The lowest BCUT2D eigenvalue weighted by Gasteiger charge is -2.33. The fourth-order valence-electron chi connectivity index (χ4n) is 3.20. The number of aliphatic hydroxyl groups excluding tert-OH is 1. The molecule has 1 aromatic carbocycles. The standard InChI is InChI=1S/C19H26N4O/c1-15-11-20-13-19(22-15)21-12-16-7-9-23(10-8-16)14-18(24)17-5-3-2-4-6-17/h2-6,11,13,16,18,24H,7-10,12,14H2,1H3,(H,21,22). The SMILES string of the molecule is Cc1cncc(NCC2CCN(CC(O)c3ccccc3)CC2)n1. The van der Waals surface area contributed by atoms with Crippen LogP contribution in [0, 0.1) is 12.8 Å². The van der Waals surface area contributed by atoms with Crippen LogP contribution in [0.15, 0.2) is 42.7 Å². The van der Waals surface area contributed by atoms with Crippen LogP contribution in [0.1, 0.15) is 30.2 Å². The summed E-state index contributed by atoms with van der Waals surface area (Å²) >= 11 is 0. The van der Waals surface area contributed by atoms with Gasteiger partial charge in [0.25, 0.3) is 0 Å². The summed E-state index contributed by atoms with van der Waals surface area (Å²) in [6.45, 7) is 5.68. The third kappa shape index (κ3) is 4.76. The molecule has 0 amide bonds. The van der Waals surface area contributed by atoms with Gasteiger partial charge in [0.2, 0.25) is 0 Å². The lowest BCUT2D eigenvalue weighted by molar-refractivity contribution is 0.0909. The smallest absolute Gasteiger partial charge is 0.144 e. The van der Waals surface area contributed by atoms with Gasteiger partial charge in [-0.2, -0.15) is 0 Å². The Labute approximate surface area is 143 Å². The minimum Gasteiger partial charge on any atom is -0.387 e. The van der Waals surface area contributed by atoms with E-state index in [0.717, 1.165) is 49.6 Å². The van der Waals surface area contributed by atoms with Gasteiger partial charge in [-0.1, -0.05) is 30.3 Å². The number of hydrogen-bond donors (Lipinski definition) is 2. The highest BCUT2D eigenvalue weighted by Crippen LogP contribution is 2.21. The van der Waals surface area contributed by atoms with Crippen LogP contribution < -0.4 is 5.32 Å². The molecule has 24 heavy (non-hydrogen) atoms. The molecule has 5 heteroatoms. The fraction of sp³-hybridized carbons (Fsp3) is 0.474. The summed E-state index contributed by atoms with van der Waals surface area (Å²) in [5.41, 5.74) is 1.93. The first kappa shape index (κ1) is 16.9. The lowest BCUT2D eigenvalue weighted by atomic mass is 9.96. The largest absolute Gasteiger partial charge is 0.387 e. The average molecular weight is 326 g/mol. The number of likely N-dealkylation sites (tertiary alicyclic amines) is 1. The number of aryl methyl sites for hydroxylation is 1. The Morgan fingerprint density at radius 2 is 1.96 bits per heavy atom. The van der Waals surface area contributed by atoms with Gasteiger partial charge in [0.05, 0.1) is 18.0 Å². The number of anilines is 1. The van der Waals surface area contributed by atoms with Gasteiger partial charge in [-0.25, -0.2) is 4.98 Å². The Morgan fingerprint density at radius 3 is 2.67 bits per heavy atom. The predicted molar refractivity (Wildman–Crippen MR) is 95.8 cm³/mol. The molecule has 128 valence electrons. The number of nitrogens with zero attached hydrogens (tertiary/aromatic N) is 3. The fourth-order valence-corrected chi connectivity index (χ4v) is 3.20. The summed E-state index contributed by atoms with van der Waals surface area (Å²) in [5.74, 6) is 1.51. The quantitative estimate of drug-likeness (QED) is 0.854. The van der Waals surface area contributed by atoms with Gasteiger partial charge in [0, 0.05) is 19.3 Å². The Kier molecular flexibility index (Phi) is 5.77. The number of benzene rings is 1. The molecule has 0 saturated carbocycles. The van der Waals surface area contributed by atoms with Crippen molar-refractivity contribution in [1.29, 1.82) is 0 Å². The second kappa shape index (κ2) is 8.22. The maximum atomic E-state index is 10.3. The van der Waals surface area contributed by atoms with Crippen LogP contribution in [-0.4, -0.2) is 46.2 Å². The number of β-amino-alcohol motifs (C(OH)–C–C–N with tert-alkyl or cyclic N) is 1. The third-order valence-electron chi connectivity index (χ3n) is 4.65. The molecule has 3 rings (SSSR count). The van der Waals surface area contributed by atoms with Crippen molar-refractivity contribution in [3.63, 3.8) is 0 Å². The number of piperidine rings is 1. The predicted octanol–water partition coefficient (Wildman–Crippen LogP) is 2.64. The molecule has 0 radical (unpaired) electrons. The first-order chi connectivity index (χ1) is 11.7. The van der Waals surface area contributed by atoms with Crippen LogP contribution in [0.5, 0.6) is 0 Å². The zero-order valence-electron chi connectivity index (χ0n) is 14.2. The van der Waals surface area contributed by atoms with Gasteiger partial charge in [-0.15, -0.1) is 0 Å². The zero-order valence-corrected chi connectivity index (χ0v) is 14.2. The zero-order chi connectivity index (χ0) is 16.8. The van der Waals surface area contributed by atoms with E-state index in [4.69, 9.17) is 0 Å². The van der Waals surface area contributed by atoms with E-state index in [1.165, 1.54) is 0 Å². The van der Waals surface area contributed by atoms with Crippen LogP contribution in [0.3, 0.4) is 0 Å². The van der Waals surface area contributed by atoms with Crippen molar-refractivity contribution in [2.45, 2.75) is 25.9 Å². The van der Waals surface area contributed by atoms with Crippen molar-refractivity contribution >= 4 is 5.82 Å². The van der Waals surface area contributed by atoms with E-state index in [0.29, 0.717) is 12.5 Å². The van der Waals surface area contributed by atoms with Crippen molar-refractivity contribution in [1.82, 2.24) is 14.9 Å². The Morgan fingerprint density at radius 1 is 1.21 bits per heavy atom. The van der Waals surface area contributed by atoms with Crippen LogP contribution >= 0.6 is 0 Å². The molecule has 2 aromatic rings. The Balaban J connectivity index is 1.41. The van der Waals surface area contributed by atoms with Gasteiger partial charge >= 0.3 is 0 Å². The molecular weight excluding hydrogens is 300 g/mol. The molecule has 1 aliphatic heterocycles. The van der Waals surface area contributed by atoms with Gasteiger partial charge in [0.1, 0.15) is 5.82 Å². The molecule has 1 fully saturated rings. The molecular formula is C19H26N4O. The van der Waals surface area contributed by atoms with Crippen LogP contribution in [0.2, 0.25) is 0 Å². The number of rotatable bonds is 6. The van der Waals surface area contributed by atoms with E-state index in [1.54, 1.807) is 12.4 Å². The summed E-state index contributed by atoms with van der Waals surface area (Å²) in [7, 11) is 0. The molecule has 0 spiro atoms. The summed E-state index contributed by atoms with van der Waals surface area (Å²) in [4.78, 5) is 11.0. The number of aromatic nitrogens is 2. The van der Waals surface area contributed by atoms with E-state index >= 15 is 0 Å². The molecule has 1 atom stereocenters. The molecule has 5 nitrogen and oxygen atoms in total. The van der Waals surface area contributed by atoms with Gasteiger partial charge in [-0.05, 0) is 44.3 Å². The highest BCUT2D eigenvalue weighted by molar-refractivity contribution is 5.31. The highest BCUT2D eigenvalue weighted by atomic mass is 16.3. The summed E-state index contributed by atoms with van der Waals surface area (Å²) in [6.07, 6.45) is 5.44. The first-order valence-corrected chi connectivity index (χ1v) is 8.68. The lowest BCUT2D eigenvalue weighted by Crippen LogP contribution is -2.38. The average Bonchev–Trinajstić information content (AvgIpc) is 2.62. The number of hydrogen-bond acceptors (Lipinski definition) is 5. The maximum Gasteiger partial charge on any atom is 0.144 e. The second-order valence-corrected chi connectivity index (χ2v) is 6.60. The van der Waals surface area contributed by atoms with E-state index in [2.05, 4.69) is 20.2 Å². The molecule has 1 unspecified atom stereocenters. The van der Waals surface area contributed by atoms with Gasteiger partial charge in [0.15, 0.2) is 0 Å². The molecule has 1 aromatic heterocycles. The van der Waals surface area contributed by atoms with Crippen molar-refractivity contribution in [2.75, 3.05) is 31.5 Å². The monoisotopic (exact) mass is 326 g/mol. The molecule has 0 bridgehead atoms. The van der Waals surface area contributed by atoms with Crippen LogP contribution in [0.25, 0.3) is 0 Å². The van der Waals surface area contributed by atoms with Crippen molar-refractivity contribution in [3.05, 3.63) is 54.0 Å². The minimum atomic E-state index is -0.400. The topological polar surface area (TPSA) is 61.3 Å². The van der Waals surface area contributed by atoms with Crippen LogP contribution in [-0.2, 0) is 0 Å². The number of nitrogens with one attached hydrogen (secondary N) is 1. The Bertz CT molecular complexity index is 626. The first-order valence-electron chi connectivity index (χ1n) is 8.68. The summed E-state index contributed by atoms with van der Waals surface area (Å²) < 4.78 is 0. The van der Waals surface area contributed by atoms with E-state index in [-0.39, 0.29) is 0 Å². The molecule has 1 saturated heterocycles. The maximum absolute atomic E-state index is 10.3. The van der Waals surface area contributed by atoms with E-state index in [9.17, 15) is 5.11 Å². The van der Waals surface area contributed by atoms with Crippen molar-refractivity contribution < 1.29 is 5.11 Å². The normalized spacial score (nSPS) is 17.6. The van der Waals surface area contributed by atoms with Crippen molar-refractivity contribution in [2.24, 2.45) is 5.92 Å². The van der Waals surface area contributed by atoms with E-state index < -0.39 is 6.10 Å². The molecule has 2 N–H and O–H groups in total. The highest BCUT2D eigenvalue weighted by Gasteiger charge is 2.21. The second-order valence-electron chi connectivity index (χ2n) is 6.60. The summed E-state index contributed by atoms with van der Waals surface area (Å²) in [5, 5.41) is 13.7. The van der Waals surface area contributed by atoms with Gasteiger partial charge < -0.3 is 15.3 Å².